The van der Waals surface area contributed by atoms with Gasteiger partial charge in [-0.2, -0.15) is 0 Å². The molecule has 0 saturated heterocycles. The van der Waals surface area contributed by atoms with Crippen LogP contribution < -0.4 is 9.60 Å². The van der Waals surface area contributed by atoms with Crippen molar-refractivity contribution in [2.45, 2.75) is 31.2 Å². The molecular formula is C23H21ClN2O3S2. The normalized spacial score (nSPS) is 11.9. The van der Waals surface area contributed by atoms with E-state index >= 15 is 0 Å². The van der Waals surface area contributed by atoms with E-state index in [1.807, 2.05) is 24.3 Å². The Morgan fingerprint density at radius 2 is 1.68 bits per heavy atom. The molecule has 31 heavy (non-hydrogen) atoms. The van der Waals surface area contributed by atoms with Gasteiger partial charge in [-0.15, -0.1) is 0 Å². The fourth-order valence-electron chi connectivity index (χ4n) is 3.29. The number of rotatable bonds is 6. The SMILES string of the molecule is CC(C)c1ccc(NS(=O)(=O)c2ccc3c(c2)sc(=O)n3Cc2ccc(Cl)cc2)cc1. The van der Waals surface area contributed by atoms with Crippen molar-refractivity contribution >= 4 is 48.9 Å². The number of hydrogen-bond donors (Lipinski definition) is 1. The van der Waals surface area contributed by atoms with Crippen molar-refractivity contribution in [3.63, 3.8) is 0 Å². The molecule has 0 amide bonds. The summed E-state index contributed by atoms with van der Waals surface area (Å²) in [6.45, 7) is 4.56. The van der Waals surface area contributed by atoms with Gasteiger partial charge in [-0.25, -0.2) is 8.42 Å². The Hall–Kier alpha value is -2.61. The summed E-state index contributed by atoms with van der Waals surface area (Å²) in [5.74, 6) is 0.368. The summed E-state index contributed by atoms with van der Waals surface area (Å²) in [4.78, 5) is 12.5. The number of fused-ring (bicyclic) bond motifs is 1. The molecule has 1 heterocycles. The van der Waals surface area contributed by atoms with Crippen LogP contribution in [0, 0.1) is 0 Å². The number of aromatic nitrogens is 1. The number of halogens is 1. The Morgan fingerprint density at radius 1 is 1.00 bits per heavy atom. The van der Waals surface area contributed by atoms with Crippen LogP contribution >= 0.6 is 22.9 Å². The highest BCUT2D eigenvalue weighted by Crippen LogP contribution is 2.25. The molecule has 0 saturated carbocycles. The van der Waals surface area contributed by atoms with Gasteiger partial charge in [0.25, 0.3) is 10.0 Å². The van der Waals surface area contributed by atoms with Crippen LogP contribution in [0.3, 0.4) is 0 Å². The van der Waals surface area contributed by atoms with Crippen LogP contribution in [0.15, 0.2) is 76.4 Å². The summed E-state index contributed by atoms with van der Waals surface area (Å²) in [5.41, 5.74) is 3.27. The summed E-state index contributed by atoms with van der Waals surface area (Å²) in [6.07, 6.45) is 0. The molecule has 0 atom stereocenters. The van der Waals surface area contributed by atoms with E-state index in [0.29, 0.717) is 33.4 Å². The number of nitrogens with one attached hydrogen (secondary N) is 1. The van der Waals surface area contributed by atoms with Gasteiger partial charge in [0.15, 0.2) is 0 Å². The maximum Gasteiger partial charge on any atom is 0.308 e. The van der Waals surface area contributed by atoms with Crippen LogP contribution in [-0.4, -0.2) is 13.0 Å². The first-order valence-corrected chi connectivity index (χ1v) is 12.4. The number of nitrogens with zero attached hydrogens (tertiary/aromatic N) is 1. The van der Waals surface area contributed by atoms with Gasteiger partial charge in [-0.05, 0) is 59.5 Å². The lowest BCUT2D eigenvalue weighted by atomic mass is 10.0. The first-order chi connectivity index (χ1) is 14.7. The van der Waals surface area contributed by atoms with Gasteiger partial charge in [0, 0.05) is 10.7 Å². The van der Waals surface area contributed by atoms with Gasteiger partial charge in [0.05, 0.1) is 21.7 Å². The fraction of sp³-hybridized carbons (Fsp3) is 0.174. The molecule has 0 bridgehead atoms. The van der Waals surface area contributed by atoms with Crippen molar-refractivity contribution in [1.29, 1.82) is 0 Å². The standard InChI is InChI=1S/C23H21ClN2O3S2/c1-15(2)17-5-9-19(10-6-17)25-31(28,29)20-11-12-21-22(13-20)30-23(27)26(21)14-16-3-7-18(24)8-4-16/h3-13,15,25H,14H2,1-2H3. The number of thiazole rings is 1. The Bertz CT molecular complexity index is 1390. The summed E-state index contributed by atoms with van der Waals surface area (Å²) in [7, 11) is -3.77. The van der Waals surface area contributed by atoms with E-state index < -0.39 is 10.0 Å². The lowest BCUT2D eigenvalue weighted by Crippen LogP contribution is -2.14. The second-order valence-electron chi connectivity index (χ2n) is 7.59. The predicted octanol–water partition coefficient (Wildman–Crippen LogP) is 5.69. The molecule has 1 aromatic heterocycles. The molecule has 0 aliphatic heterocycles. The van der Waals surface area contributed by atoms with Crippen molar-refractivity contribution < 1.29 is 8.42 Å². The zero-order valence-electron chi connectivity index (χ0n) is 17.0. The third-order valence-corrected chi connectivity index (χ3v) is 7.61. The largest absolute Gasteiger partial charge is 0.308 e. The fourth-order valence-corrected chi connectivity index (χ4v) is 5.50. The van der Waals surface area contributed by atoms with E-state index in [9.17, 15) is 13.2 Å². The summed E-state index contributed by atoms with van der Waals surface area (Å²) >= 11 is 6.96. The predicted molar refractivity (Wildman–Crippen MR) is 128 cm³/mol. The van der Waals surface area contributed by atoms with E-state index in [0.717, 1.165) is 22.5 Å². The van der Waals surface area contributed by atoms with E-state index in [2.05, 4.69) is 18.6 Å². The van der Waals surface area contributed by atoms with Crippen molar-refractivity contribution in [3.05, 3.63) is 92.5 Å². The first-order valence-electron chi connectivity index (χ1n) is 9.73. The molecule has 1 N–H and O–H groups in total. The highest BCUT2D eigenvalue weighted by Gasteiger charge is 2.17. The lowest BCUT2D eigenvalue weighted by Gasteiger charge is -2.10. The molecule has 4 aromatic rings. The number of sulfonamides is 1. The molecule has 160 valence electrons. The molecule has 3 aromatic carbocycles. The third-order valence-electron chi connectivity index (χ3n) is 5.03. The van der Waals surface area contributed by atoms with Crippen LogP contribution in [-0.2, 0) is 16.6 Å². The van der Waals surface area contributed by atoms with E-state index in [1.54, 1.807) is 41.0 Å². The average molecular weight is 473 g/mol. The Labute approximate surface area is 190 Å². The minimum Gasteiger partial charge on any atom is -0.294 e. The van der Waals surface area contributed by atoms with E-state index in [4.69, 9.17) is 11.6 Å². The molecular weight excluding hydrogens is 452 g/mol. The van der Waals surface area contributed by atoms with Crippen molar-refractivity contribution in [1.82, 2.24) is 4.57 Å². The lowest BCUT2D eigenvalue weighted by molar-refractivity contribution is 0.601. The number of hydrogen-bond acceptors (Lipinski definition) is 4. The van der Waals surface area contributed by atoms with E-state index in [-0.39, 0.29) is 9.77 Å². The Balaban J connectivity index is 1.62. The molecule has 0 aliphatic carbocycles. The van der Waals surface area contributed by atoms with Gasteiger partial charge < -0.3 is 0 Å². The third kappa shape index (κ3) is 4.69. The minimum atomic E-state index is -3.77. The molecule has 8 heteroatoms. The molecule has 0 aliphatic rings. The summed E-state index contributed by atoms with van der Waals surface area (Å²) in [5, 5.41) is 0.632. The van der Waals surface area contributed by atoms with Crippen molar-refractivity contribution in [2.75, 3.05) is 4.72 Å². The van der Waals surface area contributed by atoms with E-state index in [1.165, 1.54) is 6.07 Å². The van der Waals surface area contributed by atoms with Gasteiger partial charge in [-0.1, -0.05) is 61.1 Å². The quantitative estimate of drug-likeness (QED) is 0.392. The van der Waals surface area contributed by atoms with Crippen molar-refractivity contribution in [3.8, 4) is 0 Å². The number of benzene rings is 3. The van der Waals surface area contributed by atoms with Crippen LogP contribution in [0.25, 0.3) is 10.2 Å². The highest BCUT2D eigenvalue weighted by atomic mass is 35.5. The summed E-state index contributed by atoms with van der Waals surface area (Å²) < 4.78 is 30.6. The van der Waals surface area contributed by atoms with Crippen LogP contribution in [0.4, 0.5) is 5.69 Å². The summed E-state index contributed by atoms with van der Waals surface area (Å²) in [6, 6.07) is 19.4. The molecule has 0 spiro atoms. The van der Waals surface area contributed by atoms with Gasteiger partial charge in [0.1, 0.15) is 0 Å². The maximum atomic E-state index is 12.9. The molecule has 4 rings (SSSR count). The Morgan fingerprint density at radius 3 is 2.32 bits per heavy atom. The van der Waals surface area contributed by atoms with Crippen LogP contribution in [0.5, 0.6) is 0 Å². The monoisotopic (exact) mass is 472 g/mol. The van der Waals surface area contributed by atoms with Crippen LogP contribution in [0.2, 0.25) is 5.02 Å². The zero-order chi connectivity index (χ0) is 22.2. The average Bonchev–Trinajstić information content (AvgIpc) is 3.04. The first kappa shape index (κ1) is 21.6. The topological polar surface area (TPSA) is 68.2 Å². The molecule has 0 fully saturated rings. The molecule has 0 radical (unpaired) electrons. The number of anilines is 1. The maximum absolute atomic E-state index is 12.9. The van der Waals surface area contributed by atoms with Crippen LogP contribution in [0.1, 0.15) is 30.9 Å². The molecule has 0 unspecified atom stereocenters. The van der Waals surface area contributed by atoms with Crippen molar-refractivity contribution in [2.24, 2.45) is 0 Å². The second-order valence-corrected chi connectivity index (χ2v) is 10.7. The minimum absolute atomic E-state index is 0.118. The Kier molecular flexibility index (Phi) is 5.92. The van der Waals surface area contributed by atoms with Gasteiger partial charge in [0.2, 0.25) is 0 Å². The smallest absolute Gasteiger partial charge is 0.294 e. The highest BCUT2D eigenvalue weighted by molar-refractivity contribution is 7.92. The zero-order valence-corrected chi connectivity index (χ0v) is 19.4. The van der Waals surface area contributed by atoms with Gasteiger partial charge in [-0.3, -0.25) is 14.1 Å². The van der Waals surface area contributed by atoms with Gasteiger partial charge >= 0.3 is 4.87 Å². The molecule has 5 nitrogen and oxygen atoms in total. The second kappa shape index (κ2) is 8.49.